The van der Waals surface area contributed by atoms with Crippen molar-refractivity contribution in [3.05, 3.63) is 0 Å². The summed E-state index contributed by atoms with van der Waals surface area (Å²) in [7, 11) is 0. The van der Waals surface area contributed by atoms with E-state index in [4.69, 9.17) is 0 Å². The molecule has 1 heterocycles. The van der Waals surface area contributed by atoms with Gasteiger partial charge in [0.1, 0.15) is 0 Å². The molecule has 14 heavy (non-hydrogen) atoms. The molecule has 0 atom stereocenters. The number of hydrogen-bond donors (Lipinski definition) is 0. The molecule has 0 bridgehead atoms. The largest absolute Gasteiger partial charge is 0.273 e. The third-order valence-electron chi connectivity index (χ3n) is 2.81. The Bertz CT molecular complexity index is 233. The minimum atomic E-state index is 0.00516. The van der Waals surface area contributed by atoms with Crippen LogP contribution in [0.4, 0.5) is 0 Å². The zero-order valence-electron chi connectivity index (χ0n) is 8.20. The van der Waals surface area contributed by atoms with Crippen molar-refractivity contribution >= 4 is 23.8 Å². The summed E-state index contributed by atoms with van der Waals surface area (Å²) in [6, 6.07) is 0. The molecule has 2 rings (SSSR count). The first-order valence-electron chi connectivity index (χ1n) is 5.30. The number of nitrogens with zero attached hydrogens (tertiary/aromatic N) is 1. The molecule has 0 unspecified atom stereocenters. The molecule has 1 saturated carbocycles. The minimum Gasteiger partial charge on any atom is -0.273 e. The monoisotopic (exact) mass is 213 g/mol. The SMILES string of the molecule is O=C1CCC(=O)N1SC1CCCCC1. The third kappa shape index (κ3) is 2.11. The predicted molar refractivity (Wildman–Crippen MR) is 55.6 cm³/mol. The number of carbonyl (C=O) groups is 2. The van der Waals surface area contributed by atoms with Crippen molar-refractivity contribution in [3.8, 4) is 0 Å². The number of amides is 2. The summed E-state index contributed by atoms with van der Waals surface area (Å²) in [5.74, 6) is 0.0103. The molecule has 2 amide bonds. The van der Waals surface area contributed by atoms with Crippen LogP contribution in [0.5, 0.6) is 0 Å². The van der Waals surface area contributed by atoms with E-state index in [0.29, 0.717) is 18.1 Å². The van der Waals surface area contributed by atoms with Gasteiger partial charge in [0.2, 0.25) is 11.8 Å². The molecule has 0 radical (unpaired) electrons. The van der Waals surface area contributed by atoms with Crippen molar-refractivity contribution in [2.45, 2.75) is 50.2 Å². The average molecular weight is 213 g/mol. The Morgan fingerprint density at radius 2 is 1.57 bits per heavy atom. The molecule has 1 saturated heterocycles. The molecular weight excluding hydrogens is 198 g/mol. The van der Waals surface area contributed by atoms with E-state index in [0.717, 1.165) is 12.8 Å². The molecule has 0 N–H and O–H groups in total. The summed E-state index contributed by atoms with van der Waals surface area (Å²) in [6.45, 7) is 0. The van der Waals surface area contributed by atoms with Gasteiger partial charge in [0.25, 0.3) is 0 Å². The number of carbonyl (C=O) groups excluding carboxylic acids is 2. The molecule has 0 aromatic rings. The van der Waals surface area contributed by atoms with Crippen molar-refractivity contribution in [3.63, 3.8) is 0 Å². The smallest absolute Gasteiger partial charge is 0.239 e. The van der Waals surface area contributed by atoms with Crippen LogP contribution in [0.15, 0.2) is 0 Å². The Morgan fingerprint density at radius 3 is 2.14 bits per heavy atom. The fraction of sp³-hybridized carbons (Fsp3) is 0.800. The van der Waals surface area contributed by atoms with Gasteiger partial charge < -0.3 is 0 Å². The van der Waals surface area contributed by atoms with E-state index in [1.54, 1.807) is 0 Å². The van der Waals surface area contributed by atoms with Gasteiger partial charge in [-0.2, -0.15) is 0 Å². The summed E-state index contributed by atoms with van der Waals surface area (Å²) < 4.78 is 1.40. The van der Waals surface area contributed by atoms with Crippen LogP contribution < -0.4 is 0 Å². The molecule has 0 aromatic carbocycles. The molecule has 1 aliphatic carbocycles. The van der Waals surface area contributed by atoms with Crippen LogP contribution in [-0.2, 0) is 9.59 Å². The van der Waals surface area contributed by atoms with E-state index in [1.165, 1.54) is 35.5 Å². The maximum absolute atomic E-state index is 11.3. The van der Waals surface area contributed by atoms with Gasteiger partial charge in [-0.25, -0.2) is 4.31 Å². The van der Waals surface area contributed by atoms with Gasteiger partial charge in [-0.05, 0) is 24.8 Å². The zero-order valence-corrected chi connectivity index (χ0v) is 9.02. The summed E-state index contributed by atoms with van der Waals surface area (Å²) in [4.78, 5) is 22.7. The molecule has 2 fully saturated rings. The second-order valence-corrected chi connectivity index (χ2v) is 5.19. The number of hydrogen-bond acceptors (Lipinski definition) is 3. The highest BCUT2D eigenvalue weighted by molar-refractivity contribution is 7.98. The van der Waals surface area contributed by atoms with Crippen LogP contribution in [0.2, 0.25) is 0 Å². The molecule has 0 aromatic heterocycles. The first-order valence-corrected chi connectivity index (χ1v) is 6.13. The van der Waals surface area contributed by atoms with E-state index in [9.17, 15) is 9.59 Å². The summed E-state index contributed by atoms with van der Waals surface area (Å²) >= 11 is 1.48. The second-order valence-electron chi connectivity index (χ2n) is 3.95. The molecule has 1 aliphatic heterocycles. The van der Waals surface area contributed by atoms with Crippen LogP contribution in [0.25, 0.3) is 0 Å². The lowest BCUT2D eigenvalue weighted by Crippen LogP contribution is -2.25. The van der Waals surface area contributed by atoms with Crippen LogP contribution >= 0.6 is 11.9 Å². The van der Waals surface area contributed by atoms with Crippen LogP contribution in [0, 0.1) is 0 Å². The Kier molecular flexibility index (Phi) is 3.11. The van der Waals surface area contributed by atoms with E-state index in [-0.39, 0.29) is 11.8 Å². The van der Waals surface area contributed by atoms with Crippen molar-refractivity contribution in [1.29, 1.82) is 0 Å². The number of rotatable bonds is 2. The predicted octanol–water partition coefficient (Wildman–Crippen LogP) is 2.12. The van der Waals surface area contributed by atoms with Gasteiger partial charge in [-0.3, -0.25) is 9.59 Å². The quantitative estimate of drug-likeness (QED) is 0.521. The van der Waals surface area contributed by atoms with Gasteiger partial charge >= 0.3 is 0 Å². The molecule has 2 aliphatic rings. The van der Waals surface area contributed by atoms with Crippen LogP contribution in [0.1, 0.15) is 44.9 Å². The maximum Gasteiger partial charge on any atom is 0.239 e. The van der Waals surface area contributed by atoms with Crippen LogP contribution in [-0.4, -0.2) is 21.4 Å². The zero-order chi connectivity index (χ0) is 9.97. The van der Waals surface area contributed by atoms with Crippen molar-refractivity contribution in [1.82, 2.24) is 4.31 Å². The van der Waals surface area contributed by atoms with E-state index >= 15 is 0 Å². The Morgan fingerprint density at radius 1 is 1.00 bits per heavy atom. The van der Waals surface area contributed by atoms with E-state index < -0.39 is 0 Å². The minimum absolute atomic E-state index is 0.00516. The molecule has 78 valence electrons. The van der Waals surface area contributed by atoms with Crippen molar-refractivity contribution in [2.24, 2.45) is 0 Å². The standard InChI is InChI=1S/C10H15NO2S/c12-9-6-7-10(13)11(9)14-8-4-2-1-3-5-8/h8H,1-7H2. The van der Waals surface area contributed by atoms with Crippen molar-refractivity contribution in [2.75, 3.05) is 0 Å². The normalized spacial score (nSPS) is 24.7. The van der Waals surface area contributed by atoms with Gasteiger partial charge in [-0.15, -0.1) is 0 Å². The lowest BCUT2D eigenvalue weighted by Gasteiger charge is -2.24. The van der Waals surface area contributed by atoms with E-state index in [2.05, 4.69) is 0 Å². The fourth-order valence-electron chi connectivity index (χ4n) is 1.99. The Hall–Kier alpha value is -0.510. The highest BCUT2D eigenvalue weighted by Gasteiger charge is 2.32. The summed E-state index contributed by atoms with van der Waals surface area (Å²) in [6.07, 6.45) is 6.93. The Labute approximate surface area is 88.4 Å². The van der Waals surface area contributed by atoms with Gasteiger partial charge in [0, 0.05) is 18.1 Å². The summed E-state index contributed by atoms with van der Waals surface area (Å²) in [5.41, 5.74) is 0. The molecular formula is C10H15NO2S. The van der Waals surface area contributed by atoms with E-state index in [1.807, 2.05) is 0 Å². The third-order valence-corrected chi connectivity index (χ3v) is 4.20. The van der Waals surface area contributed by atoms with Crippen molar-refractivity contribution < 1.29 is 9.59 Å². The Balaban J connectivity index is 1.89. The lowest BCUT2D eigenvalue weighted by atomic mass is 10.0. The topological polar surface area (TPSA) is 37.4 Å². The fourth-order valence-corrected chi connectivity index (χ4v) is 3.25. The van der Waals surface area contributed by atoms with Gasteiger partial charge in [-0.1, -0.05) is 19.3 Å². The highest BCUT2D eigenvalue weighted by atomic mass is 32.2. The first-order chi connectivity index (χ1) is 6.77. The lowest BCUT2D eigenvalue weighted by molar-refractivity contribution is -0.131. The van der Waals surface area contributed by atoms with Crippen LogP contribution in [0.3, 0.4) is 0 Å². The van der Waals surface area contributed by atoms with Gasteiger partial charge in [0.15, 0.2) is 0 Å². The highest BCUT2D eigenvalue weighted by Crippen LogP contribution is 2.33. The summed E-state index contributed by atoms with van der Waals surface area (Å²) in [5, 5.41) is 0.495. The molecule has 4 heteroatoms. The van der Waals surface area contributed by atoms with Gasteiger partial charge in [0.05, 0.1) is 0 Å². The second kappa shape index (κ2) is 4.34. The number of imide groups is 1. The average Bonchev–Trinajstić information content (AvgIpc) is 2.51. The maximum atomic E-state index is 11.3. The molecule has 3 nitrogen and oxygen atoms in total. The first kappa shape index (κ1) is 10.0. The molecule has 0 spiro atoms.